The van der Waals surface area contributed by atoms with Gasteiger partial charge in [0.15, 0.2) is 0 Å². The van der Waals surface area contributed by atoms with Crippen molar-refractivity contribution < 1.29 is 19.7 Å². The molecule has 0 aromatic heterocycles. The number of hydrogen-bond donors (Lipinski definition) is 2. The van der Waals surface area contributed by atoms with Crippen LogP contribution in [0.5, 0.6) is 23.0 Å². The summed E-state index contributed by atoms with van der Waals surface area (Å²) < 4.78 is 11.2. The standard InChI is InChI=1S/C28H20O4/c1-31-22-13-11-20(29)27-18(22)9-7-16-5-3-15-4-6-17-8-10-19-23(32-2)14-12-21(30)28(19)26(17)24(15)25(16)27/h3-14,29-30H,1-2H3. The van der Waals surface area contributed by atoms with Crippen molar-refractivity contribution in [1.82, 2.24) is 0 Å². The molecule has 156 valence electrons. The van der Waals surface area contributed by atoms with Gasteiger partial charge in [0.25, 0.3) is 0 Å². The molecule has 0 fully saturated rings. The zero-order valence-corrected chi connectivity index (χ0v) is 17.6. The molecule has 6 aromatic carbocycles. The van der Waals surface area contributed by atoms with Gasteiger partial charge in [-0.05, 0) is 57.9 Å². The van der Waals surface area contributed by atoms with E-state index in [-0.39, 0.29) is 11.5 Å². The second kappa shape index (κ2) is 6.66. The zero-order valence-electron chi connectivity index (χ0n) is 17.6. The summed E-state index contributed by atoms with van der Waals surface area (Å²) in [5.74, 6) is 1.79. The van der Waals surface area contributed by atoms with Gasteiger partial charge in [-0.15, -0.1) is 0 Å². The summed E-state index contributed by atoms with van der Waals surface area (Å²) >= 11 is 0. The number of ether oxygens (including phenoxy) is 2. The maximum atomic E-state index is 10.9. The van der Waals surface area contributed by atoms with Gasteiger partial charge in [-0.1, -0.05) is 36.4 Å². The van der Waals surface area contributed by atoms with Crippen molar-refractivity contribution in [3.63, 3.8) is 0 Å². The highest BCUT2D eigenvalue weighted by Gasteiger charge is 2.17. The van der Waals surface area contributed by atoms with Crippen LogP contribution in [-0.4, -0.2) is 24.4 Å². The Morgan fingerprint density at radius 1 is 0.438 bits per heavy atom. The molecule has 4 nitrogen and oxygen atoms in total. The second-order valence-corrected chi connectivity index (χ2v) is 7.98. The highest BCUT2D eigenvalue weighted by molar-refractivity contribution is 6.34. The summed E-state index contributed by atoms with van der Waals surface area (Å²) in [7, 11) is 3.26. The van der Waals surface area contributed by atoms with Crippen LogP contribution in [0.1, 0.15) is 0 Å². The van der Waals surface area contributed by atoms with E-state index in [1.165, 1.54) is 0 Å². The van der Waals surface area contributed by atoms with Gasteiger partial charge < -0.3 is 19.7 Å². The molecule has 0 atom stereocenters. The van der Waals surface area contributed by atoms with E-state index in [4.69, 9.17) is 9.47 Å². The van der Waals surface area contributed by atoms with Crippen LogP contribution in [0, 0.1) is 0 Å². The Hall–Kier alpha value is -4.18. The van der Waals surface area contributed by atoms with Gasteiger partial charge in [0, 0.05) is 32.3 Å². The maximum Gasteiger partial charge on any atom is 0.126 e. The largest absolute Gasteiger partial charge is 0.507 e. The molecular formula is C28H20O4. The van der Waals surface area contributed by atoms with E-state index in [1.54, 1.807) is 38.5 Å². The first kappa shape index (κ1) is 18.6. The molecule has 0 saturated carbocycles. The highest BCUT2D eigenvalue weighted by atomic mass is 16.5. The van der Waals surface area contributed by atoms with Crippen LogP contribution in [0.4, 0.5) is 0 Å². The molecular weight excluding hydrogens is 400 g/mol. The van der Waals surface area contributed by atoms with Gasteiger partial charge in [-0.25, -0.2) is 0 Å². The summed E-state index contributed by atoms with van der Waals surface area (Å²) in [4.78, 5) is 0. The number of rotatable bonds is 2. The van der Waals surface area contributed by atoms with E-state index in [2.05, 4.69) is 24.3 Å². The van der Waals surface area contributed by atoms with Crippen molar-refractivity contribution in [2.24, 2.45) is 0 Å². The van der Waals surface area contributed by atoms with Gasteiger partial charge in [0.1, 0.15) is 23.0 Å². The molecule has 0 radical (unpaired) electrons. The number of phenols is 2. The van der Waals surface area contributed by atoms with Crippen LogP contribution in [0.25, 0.3) is 53.9 Å². The number of fused-ring (bicyclic) bond motifs is 9. The van der Waals surface area contributed by atoms with Gasteiger partial charge in [-0.2, -0.15) is 0 Å². The highest BCUT2D eigenvalue weighted by Crippen LogP contribution is 2.46. The SMILES string of the molecule is COc1ccc(O)c2c1ccc1ccc3ccc4ccc5c(OC)ccc(O)c5c4c3c12. The lowest BCUT2D eigenvalue weighted by Gasteiger charge is -2.16. The van der Waals surface area contributed by atoms with Crippen molar-refractivity contribution in [2.75, 3.05) is 14.2 Å². The van der Waals surface area contributed by atoms with Crippen LogP contribution < -0.4 is 9.47 Å². The molecule has 6 aromatic rings. The van der Waals surface area contributed by atoms with E-state index in [0.717, 1.165) is 53.9 Å². The van der Waals surface area contributed by atoms with Crippen molar-refractivity contribution in [2.45, 2.75) is 0 Å². The smallest absolute Gasteiger partial charge is 0.126 e. The maximum absolute atomic E-state index is 10.9. The van der Waals surface area contributed by atoms with Crippen molar-refractivity contribution in [1.29, 1.82) is 0 Å². The number of phenolic OH excluding ortho intramolecular Hbond substituents is 2. The zero-order chi connectivity index (χ0) is 22.0. The molecule has 0 spiro atoms. The summed E-state index contributed by atoms with van der Waals surface area (Å²) in [6.45, 7) is 0. The van der Waals surface area contributed by atoms with Gasteiger partial charge in [0.05, 0.1) is 14.2 Å². The van der Waals surface area contributed by atoms with Crippen LogP contribution in [0.2, 0.25) is 0 Å². The Bertz CT molecular complexity index is 1590. The molecule has 0 aliphatic carbocycles. The van der Waals surface area contributed by atoms with Gasteiger partial charge in [-0.3, -0.25) is 0 Å². The fourth-order valence-electron chi connectivity index (χ4n) is 5.00. The first-order chi connectivity index (χ1) is 15.6. The monoisotopic (exact) mass is 420 g/mol. The van der Waals surface area contributed by atoms with E-state index < -0.39 is 0 Å². The van der Waals surface area contributed by atoms with Gasteiger partial charge >= 0.3 is 0 Å². The lowest BCUT2D eigenvalue weighted by atomic mass is 9.90. The van der Waals surface area contributed by atoms with Crippen molar-refractivity contribution in [3.05, 3.63) is 72.8 Å². The molecule has 0 unspecified atom stereocenters. The molecule has 2 N–H and O–H groups in total. The normalized spacial score (nSPS) is 11.7. The van der Waals surface area contributed by atoms with Crippen molar-refractivity contribution in [3.8, 4) is 23.0 Å². The molecule has 0 amide bonds. The average molecular weight is 420 g/mol. The third-order valence-electron chi connectivity index (χ3n) is 6.42. The molecule has 0 bridgehead atoms. The lowest BCUT2D eigenvalue weighted by molar-refractivity contribution is 0.418. The Balaban J connectivity index is 2.00. The van der Waals surface area contributed by atoms with E-state index in [0.29, 0.717) is 11.5 Å². The molecule has 0 heterocycles. The predicted molar refractivity (Wildman–Crippen MR) is 130 cm³/mol. The Labute approximate surface area is 183 Å². The molecule has 32 heavy (non-hydrogen) atoms. The second-order valence-electron chi connectivity index (χ2n) is 7.98. The number of benzene rings is 6. The Morgan fingerprint density at radius 3 is 1.16 bits per heavy atom. The number of aromatic hydroxyl groups is 2. The first-order valence-corrected chi connectivity index (χ1v) is 10.4. The van der Waals surface area contributed by atoms with Crippen LogP contribution in [0.15, 0.2) is 72.8 Å². The summed E-state index contributed by atoms with van der Waals surface area (Å²) in [5.41, 5.74) is 0. The topological polar surface area (TPSA) is 58.9 Å². The minimum absolute atomic E-state index is 0.193. The van der Waals surface area contributed by atoms with Crippen LogP contribution in [0.3, 0.4) is 0 Å². The molecule has 4 heteroatoms. The van der Waals surface area contributed by atoms with Gasteiger partial charge in [0.2, 0.25) is 0 Å². The minimum Gasteiger partial charge on any atom is -0.507 e. The third kappa shape index (κ3) is 2.38. The lowest BCUT2D eigenvalue weighted by Crippen LogP contribution is -1.90. The van der Waals surface area contributed by atoms with E-state index in [1.807, 2.05) is 24.3 Å². The first-order valence-electron chi connectivity index (χ1n) is 10.4. The fraction of sp³-hybridized carbons (Fsp3) is 0.0714. The van der Waals surface area contributed by atoms with Crippen LogP contribution in [-0.2, 0) is 0 Å². The molecule has 6 rings (SSSR count). The quantitative estimate of drug-likeness (QED) is 0.300. The Kier molecular flexibility index (Phi) is 3.87. The fourth-order valence-corrected chi connectivity index (χ4v) is 5.00. The Morgan fingerprint density at radius 2 is 0.781 bits per heavy atom. The average Bonchev–Trinajstić information content (AvgIpc) is 2.83. The molecule has 0 aliphatic heterocycles. The van der Waals surface area contributed by atoms with Crippen molar-refractivity contribution >= 4 is 53.9 Å². The summed E-state index contributed by atoms with van der Waals surface area (Å²) in [6, 6.07) is 23.2. The number of hydrogen-bond acceptors (Lipinski definition) is 4. The number of methoxy groups -OCH3 is 2. The predicted octanol–water partition coefficient (Wildman–Crippen LogP) is 6.88. The summed E-state index contributed by atoms with van der Waals surface area (Å²) in [5, 5.41) is 30.9. The minimum atomic E-state index is 0.193. The summed E-state index contributed by atoms with van der Waals surface area (Å²) in [6.07, 6.45) is 0. The third-order valence-corrected chi connectivity index (χ3v) is 6.42. The van der Waals surface area contributed by atoms with E-state index >= 15 is 0 Å². The molecule has 0 aliphatic rings. The van der Waals surface area contributed by atoms with Crippen LogP contribution >= 0.6 is 0 Å². The van der Waals surface area contributed by atoms with E-state index in [9.17, 15) is 10.2 Å². The molecule has 0 saturated heterocycles.